The Bertz CT molecular complexity index is 1520. The molecule has 1 aliphatic heterocycles. The Hall–Kier alpha value is -4.38. The molecule has 0 aliphatic carbocycles. The Morgan fingerprint density at radius 2 is 0.875 bits per heavy atom. The molecule has 1 saturated heterocycles. The van der Waals surface area contributed by atoms with Crippen molar-refractivity contribution in [1.82, 2.24) is 0 Å². The molecule has 0 radical (unpaired) electrons. The third kappa shape index (κ3) is 10.6. The van der Waals surface area contributed by atoms with Gasteiger partial charge in [0.15, 0.2) is 6.10 Å². The lowest BCUT2D eigenvalue weighted by Gasteiger charge is -2.35. The maximum Gasteiger partial charge on any atom is 0.305 e. The predicted molar refractivity (Wildman–Crippen MR) is 177 cm³/mol. The second-order valence-corrected chi connectivity index (χ2v) is 11.5. The van der Waals surface area contributed by atoms with Gasteiger partial charge in [-0.3, -0.25) is 9.59 Å². The van der Waals surface area contributed by atoms with Gasteiger partial charge in [-0.15, -0.1) is 0 Å². The van der Waals surface area contributed by atoms with E-state index in [1.165, 1.54) is 13.8 Å². The van der Waals surface area contributed by atoms with Crippen LogP contribution in [0.1, 0.15) is 36.1 Å². The summed E-state index contributed by atoms with van der Waals surface area (Å²) in [6.07, 6.45) is -6.03. The summed E-state index contributed by atoms with van der Waals surface area (Å²) in [6, 6.07) is 38.8. The van der Waals surface area contributed by atoms with E-state index in [-0.39, 0.29) is 26.4 Å². The molecular formula is C39H42O9. The molecule has 48 heavy (non-hydrogen) atoms. The highest BCUT2D eigenvalue weighted by Gasteiger charge is 2.52. The molecule has 1 heterocycles. The van der Waals surface area contributed by atoms with Crippen LogP contribution in [0.15, 0.2) is 121 Å². The molecule has 6 atom stereocenters. The lowest BCUT2D eigenvalue weighted by molar-refractivity contribution is -0.242. The number of rotatable bonds is 15. The van der Waals surface area contributed by atoms with Crippen molar-refractivity contribution in [3.8, 4) is 0 Å². The van der Waals surface area contributed by atoms with Crippen molar-refractivity contribution in [2.75, 3.05) is 6.61 Å². The van der Waals surface area contributed by atoms with Gasteiger partial charge in [0, 0.05) is 13.8 Å². The fourth-order valence-electron chi connectivity index (χ4n) is 5.52. The van der Waals surface area contributed by atoms with E-state index in [9.17, 15) is 9.59 Å². The van der Waals surface area contributed by atoms with Crippen LogP contribution in [0.25, 0.3) is 0 Å². The average Bonchev–Trinajstić information content (AvgIpc) is 3.20. The molecule has 1 fully saturated rings. The number of benzene rings is 4. The predicted octanol–water partition coefficient (Wildman–Crippen LogP) is 6.18. The number of esters is 2. The van der Waals surface area contributed by atoms with Gasteiger partial charge < -0.3 is 33.2 Å². The van der Waals surface area contributed by atoms with Crippen LogP contribution in [-0.4, -0.2) is 55.4 Å². The lowest BCUT2D eigenvalue weighted by Crippen LogP contribution is -2.53. The molecule has 0 saturated carbocycles. The molecular weight excluding hydrogens is 612 g/mol. The number of ether oxygens (including phenoxy) is 7. The van der Waals surface area contributed by atoms with Gasteiger partial charge in [0.1, 0.15) is 24.4 Å². The topological polar surface area (TPSA) is 98.8 Å². The maximum atomic E-state index is 12.6. The van der Waals surface area contributed by atoms with Crippen molar-refractivity contribution in [1.29, 1.82) is 0 Å². The Kier molecular flexibility index (Phi) is 13.3. The molecule has 0 amide bonds. The molecule has 0 spiro atoms. The molecule has 0 aromatic heterocycles. The highest BCUT2D eigenvalue weighted by atomic mass is 16.7. The van der Waals surface area contributed by atoms with Gasteiger partial charge in [-0.05, 0) is 22.3 Å². The number of hydrogen-bond donors (Lipinski definition) is 0. The highest BCUT2D eigenvalue weighted by Crippen LogP contribution is 2.32. The monoisotopic (exact) mass is 654 g/mol. The molecule has 4 aromatic carbocycles. The van der Waals surface area contributed by atoms with Crippen molar-refractivity contribution in [2.24, 2.45) is 0 Å². The smallest absolute Gasteiger partial charge is 0.305 e. The Morgan fingerprint density at radius 3 is 1.29 bits per heavy atom. The van der Waals surface area contributed by atoms with Crippen molar-refractivity contribution in [2.45, 2.75) is 77.1 Å². The molecule has 0 bridgehead atoms. The van der Waals surface area contributed by atoms with E-state index in [0.29, 0.717) is 6.61 Å². The molecule has 0 N–H and O–H groups in total. The Balaban J connectivity index is 1.54. The molecule has 1 unspecified atom stereocenters. The summed E-state index contributed by atoms with van der Waals surface area (Å²) >= 11 is 0. The average molecular weight is 655 g/mol. The van der Waals surface area contributed by atoms with Crippen molar-refractivity contribution in [3.63, 3.8) is 0 Å². The second-order valence-electron chi connectivity index (χ2n) is 11.5. The Morgan fingerprint density at radius 1 is 0.500 bits per heavy atom. The Labute approximate surface area is 281 Å². The minimum Gasteiger partial charge on any atom is -0.453 e. The third-order valence-electron chi connectivity index (χ3n) is 7.75. The van der Waals surface area contributed by atoms with E-state index < -0.39 is 48.7 Å². The first-order chi connectivity index (χ1) is 23.5. The third-order valence-corrected chi connectivity index (χ3v) is 7.75. The molecule has 9 nitrogen and oxygen atoms in total. The molecule has 9 heteroatoms. The molecule has 1 aliphatic rings. The summed E-state index contributed by atoms with van der Waals surface area (Å²) in [5.74, 6) is -1.22. The minimum atomic E-state index is -1.34. The number of carbonyl (C=O) groups is 2. The summed E-state index contributed by atoms with van der Waals surface area (Å²) in [6.45, 7) is 3.49. The van der Waals surface area contributed by atoms with Crippen LogP contribution >= 0.6 is 0 Å². The summed E-state index contributed by atoms with van der Waals surface area (Å²) in [7, 11) is 0. The van der Waals surface area contributed by atoms with Crippen LogP contribution < -0.4 is 0 Å². The van der Waals surface area contributed by atoms with E-state index in [0.717, 1.165) is 22.3 Å². The zero-order valence-corrected chi connectivity index (χ0v) is 27.2. The zero-order chi connectivity index (χ0) is 33.6. The normalized spacial score (nSPS) is 22.4. The van der Waals surface area contributed by atoms with E-state index in [2.05, 4.69) is 0 Å². The van der Waals surface area contributed by atoms with E-state index in [1.807, 2.05) is 121 Å². The van der Waals surface area contributed by atoms with Gasteiger partial charge in [0.05, 0.1) is 33.0 Å². The van der Waals surface area contributed by atoms with Crippen LogP contribution in [0, 0.1) is 0 Å². The van der Waals surface area contributed by atoms with Gasteiger partial charge in [0.2, 0.25) is 6.29 Å². The quantitative estimate of drug-likeness (QED) is 0.139. The lowest BCUT2D eigenvalue weighted by atomic mass is 9.99. The van der Waals surface area contributed by atoms with E-state index in [1.54, 1.807) is 0 Å². The van der Waals surface area contributed by atoms with Crippen molar-refractivity contribution >= 4 is 11.9 Å². The second kappa shape index (κ2) is 18.2. The largest absolute Gasteiger partial charge is 0.453 e. The molecule has 4 aromatic rings. The van der Waals surface area contributed by atoms with Crippen molar-refractivity contribution in [3.05, 3.63) is 144 Å². The fourth-order valence-corrected chi connectivity index (χ4v) is 5.52. The van der Waals surface area contributed by atoms with Gasteiger partial charge >= 0.3 is 11.9 Å². The summed E-state index contributed by atoms with van der Waals surface area (Å²) < 4.78 is 44.2. The van der Waals surface area contributed by atoms with Crippen LogP contribution in [0.5, 0.6) is 0 Å². The maximum absolute atomic E-state index is 12.6. The standard InChI is InChI=1S/C39H42O9/c1-28(40)46-38-37(45-26-33-21-13-6-14-22-33)36(44-25-32-19-11-5-12-20-32)35(43-24-31-17-9-4-10-18-31)34(48-39(38)47-29(2)41)27-42-23-30-15-7-3-8-16-30/h3-22,34-39H,23-27H2,1-2H3/t34-,35-,36+,37-,38+,39?/m1/s1. The highest BCUT2D eigenvalue weighted by molar-refractivity contribution is 5.67. The summed E-state index contributed by atoms with van der Waals surface area (Å²) in [4.78, 5) is 25.0. The number of hydrogen-bond acceptors (Lipinski definition) is 9. The molecule has 252 valence electrons. The van der Waals surface area contributed by atoms with Gasteiger partial charge in [0.25, 0.3) is 0 Å². The minimum absolute atomic E-state index is 0.0511. The summed E-state index contributed by atoms with van der Waals surface area (Å²) in [5.41, 5.74) is 3.72. The van der Waals surface area contributed by atoms with Gasteiger partial charge in [-0.25, -0.2) is 0 Å². The molecule has 5 rings (SSSR count). The first-order valence-corrected chi connectivity index (χ1v) is 16.0. The SMILES string of the molecule is CC(=O)OC1O[C@H](COCc2ccccc2)[C@@H](OCc2ccccc2)[C@H](OCc2ccccc2)[C@@H](OCc2ccccc2)[C@@H]1OC(C)=O. The van der Waals surface area contributed by atoms with Gasteiger partial charge in [-0.2, -0.15) is 0 Å². The van der Waals surface area contributed by atoms with Crippen LogP contribution in [0.4, 0.5) is 0 Å². The van der Waals surface area contributed by atoms with E-state index in [4.69, 9.17) is 33.2 Å². The van der Waals surface area contributed by atoms with Crippen LogP contribution in [0.3, 0.4) is 0 Å². The number of carbonyl (C=O) groups excluding carboxylic acids is 2. The first-order valence-electron chi connectivity index (χ1n) is 16.0. The van der Waals surface area contributed by atoms with Crippen LogP contribution in [0.2, 0.25) is 0 Å². The first kappa shape index (κ1) is 34.9. The zero-order valence-electron chi connectivity index (χ0n) is 27.2. The van der Waals surface area contributed by atoms with E-state index >= 15 is 0 Å². The van der Waals surface area contributed by atoms with Crippen LogP contribution in [-0.2, 0) is 69.2 Å². The summed E-state index contributed by atoms with van der Waals surface area (Å²) in [5, 5.41) is 0. The fraction of sp³-hybridized carbons (Fsp3) is 0.333. The van der Waals surface area contributed by atoms with Crippen molar-refractivity contribution < 1.29 is 42.7 Å². The van der Waals surface area contributed by atoms with Gasteiger partial charge in [-0.1, -0.05) is 121 Å².